The van der Waals surface area contributed by atoms with E-state index in [1.807, 2.05) is 0 Å². The smallest absolute Gasteiger partial charge is 0.251 e. The number of hydrogen-bond donors (Lipinski definition) is 3. The van der Waals surface area contributed by atoms with Gasteiger partial charge in [-0.2, -0.15) is 0 Å². The number of piperidine rings is 1. The summed E-state index contributed by atoms with van der Waals surface area (Å²) in [6, 6.07) is 5.59. The Morgan fingerprint density at radius 3 is 2.68 bits per heavy atom. The van der Waals surface area contributed by atoms with Crippen molar-refractivity contribution in [1.29, 1.82) is 0 Å². The van der Waals surface area contributed by atoms with E-state index >= 15 is 0 Å². The van der Waals surface area contributed by atoms with Gasteiger partial charge in [-0.15, -0.1) is 0 Å². The Labute approximate surface area is 148 Å². The lowest BCUT2D eigenvalue weighted by atomic mass is 9.84. The van der Waals surface area contributed by atoms with E-state index in [4.69, 9.17) is 0 Å². The van der Waals surface area contributed by atoms with Crippen LogP contribution in [0.25, 0.3) is 0 Å². The molecule has 1 unspecified atom stereocenters. The number of halogens is 1. The molecular weight excluding hydrogens is 321 g/mol. The third-order valence-corrected chi connectivity index (χ3v) is 4.74. The van der Waals surface area contributed by atoms with Gasteiger partial charge in [0.25, 0.3) is 5.91 Å². The van der Waals surface area contributed by atoms with Crippen LogP contribution in [0.5, 0.6) is 0 Å². The van der Waals surface area contributed by atoms with E-state index in [1.165, 1.54) is 18.2 Å². The molecule has 1 heterocycles. The normalized spacial score (nSPS) is 16.2. The van der Waals surface area contributed by atoms with E-state index in [2.05, 4.69) is 22.9 Å². The SMILES string of the molecule is CC(CC(=O)NCCCNC(=O)c1cccc(F)c1)C1CCNCC1. The molecule has 5 nitrogen and oxygen atoms in total. The largest absolute Gasteiger partial charge is 0.356 e. The molecule has 0 spiro atoms. The molecule has 0 bridgehead atoms. The van der Waals surface area contributed by atoms with Crippen LogP contribution in [0.1, 0.15) is 43.0 Å². The van der Waals surface area contributed by atoms with Crippen molar-refractivity contribution in [2.75, 3.05) is 26.2 Å². The minimum atomic E-state index is -0.428. The molecule has 1 aliphatic heterocycles. The predicted molar refractivity (Wildman–Crippen MR) is 95.7 cm³/mol. The van der Waals surface area contributed by atoms with Gasteiger partial charge in [0.05, 0.1) is 0 Å². The van der Waals surface area contributed by atoms with E-state index in [0.29, 0.717) is 43.3 Å². The summed E-state index contributed by atoms with van der Waals surface area (Å²) < 4.78 is 13.1. The molecule has 6 heteroatoms. The highest BCUT2D eigenvalue weighted by atomic mass is 19.1. The molecule has 1 fully saturated rings. The molecule has 1 aliphatic rings. The number of hydrogen-bond acceptors (Lipinski definition) is 3. The minimum Gasteiger partial charge on any atom is -0.356 e. The van der Waals surface area contributed by atoms with E-state index in [1.54, 1.807) is 6.07 Å². The molecule has 1 aromatic rings. The summed E-state index contributed by atoms with van der Waals surface area (Å²) in [6.45, 7) is 5.21. The number of nitrogens with one attached hydrogen (secondary N) is 3. The van der Waals surface area contributed by atoms with Crippen LogP contribution in [0.4, 0.5) is 4.39 Å². The molecule has 3 N–H and O–H groups in total. The average molecular weight is 349 g/mol. The zero-order valence-electron chi connectivity index (χ0n) is 14.8. The first-order valence-corrected chi connectivity index (χ1v) is 9.07. The fraction of sp³-hybridized carbons (Fsp3) is 0.579. The van der Waals surface area contributed by atoms with E-state index in [0.717, 1.165) is 25.9 Å². The lowest BCUT2D eigenvalue weighted by Crippen LogP contribution is -2.34. The zero-order valence-corrected chi connectivity index (χ0v) is 14.8. The standard InChI is InChI=1S/C19H28FN3O2/c1-14(15-6-10-21-11-7-15)12-18(24)22-8-3-9-23-19(25)16-4-2-5-17(20)13-16/h2,4-5,13-15,21H,3,6-12H2,1H3,(H,22,24)(H,23,25). The summed E-state index contributed by atoms with van der Waals surface area (Å²) in [5.41, 5.74) is 0.305. The summed E-state index contributed by atoms with van der Waals surface area (Å²) in [6.07, 6.45) is 3.48. The molecule has 138 valence electrons. The maximum atomic E-state index is 13.1. The van der Waals surface area contributed by atoms with Crippen LogP contribution in [0.15, 0.2) is 24.3 Å². The quantitative estimate of drug-likeness (QED) is 0.630. The van der Waals surface area contributed by atoms with Gasteiger partial charge >= 0.3 is 0 Å². The van der Waals surface area contributed by atoms with Crippen LogP contribution < -0.4 is 16.0 Å². The van der Waals surface area contributed by atoms with Crippen molar-refractivity contribution in [3.05, 3.63) is 35.6 Å². The van der Waals surface area contributed by atoms with Crippen molar-refractivity contribution >= 4 is 11.8 Å². The number of amides is 2. The van der Waals surface area contributed by atoms with E-state index < -0.39 is 5.82 Å². The van der Waals surface area contributed by atoms with Crippen LogP contribution in [0.3, 0.4) is 0 Å². The second-order valence-electron chi connectivity index (χ2n) is 6.74. The van der Waals surface area contributed by atoms with Crippen molar-refractivity contribution in [2.45, 2.75) is 32.6 Å². The Hall–Kier alpha value is -1.95. The fourth-order valence-electron chi connectivity index (χ4n) is 3.19. The molecule has 25 heavy (non-hydrogen) atoms. The topological polar surface area (TPSA) is 70.2 Å². The van der Waals surface area contributed by atoms with Crippen LogP contribution in [0.2, 0.25) is 0 Å². The lowest BCUT2D eigenvalue weighted by Gasteiger charge is -2.27. The fourth-order valence-corrected chi connectivity index (χ4v) is 3.19. The number of carbonyl (C=O) groups excluding carboxylic acids is 2. The van der Waals surface area contributed by atoms with E-state index in [-0.39, 0.29) is 11.8 Å². The Kier molecular flexibility index (Phi) is 7.85. The molecule has 0 saturated carbocycles. The van der Waals surface area contributed by atoms with Crippen molar-refractivity contribution in [3.8, 4) is 0 Å². The molecule has 0 aromatic heterocycles. The Bertz CT molecular complexity index is 574. The van der Waals surface area contributed by atoms with Gasteiger partial charge in [0, 0.05) is 25.1 Å². The summed E-state index contributed by atoms with van der Waals surface area (Å²) in [4.78, 5) is 23.8. The van der Waals surface area contributed by atoms with E-state index in [9.17, 15) is 14.0 Å². The van der Waals surface area contributed by atoms with Gasteiger partial charge in [0.1, 0.15) is 5.82 Å². The van der Waals surface area contributed by atoms with Crippen molar-refractivity contribution in [3.63, 3.8) is 0 Å². The van der Waals surface area contributed by atoms with Gasteiger partial charge < -0.3 is 16.0 Å². The Morgan fingerprint density at radius 2 is 1.96 bits per heavy atom. The highest BCUT2D eigenvalue weighted by molar-refractivity contribution is 5.94. The highest BCUT2D eigenvalue weighted by Gasteiger charge is 2.21. The average Bonchev–Trinajstić information content (AvgIpc) is 2.62. The van der Waals surface area contributed by atoms with Gasteiger partial charge in [-0.1, -0.05) is 13.0 Å². The second kappa shape index (κ2) is 10.1. The Morgan fingerprint density at radius 1 is 1.24 bits per heavy atom. The maximum absolute atomic E-state index is 13.1. The third kappa shape index (κ3) is 6.82. The summed E-state index contributed by atoms with van der Waals surface area (Å²) in [7, 11) is 0. The number of rotatable bonds is 8. The van der Waals surface area contributed by atoms with Crippen LogP contribution in [-0.4, -0.2) is 38.0 Å². The molecular formula is C19H28FN3O2. The van der Waals surface area contributed by atoms with Crippen LogP contribution in [0, 0.1) is 17.7 Å². The predicted octanol–water partition coefficient (Wildman–Crippen LogP) is 2.09. The summed E-state index contributed by atoms with van der Waals surface area (Å²) in [5, 5.41) is 8.98. The van der Waals surface area contributed by atoms with Gasteiger partial charge in [0.2, 0.25) is 5.91 Å². The van der Waals surface area contributed by atoms with Gasteiger partial charge in [-0.05, 0) is 62.4 Å². The highest BCUT2D eigenvalue weighted by Crippen LogP contribution is 2.24. The third-order valence-electron chi connectivity index (χ3n) is 4.74. The van der Waals surface area contributed by atoms with Crippen molar-refractivity contribution in [1.82, 2.24) is 16.0 Å². The molecule has 0 aliphatic carbocycles. The second-order valence-corrected chi connectivity index (χ2v) is 6.74. The molecule has 1 saturated heterocycles. The summed E-state index contributed by atoms with van der Waals surface area (Å²) >= 11 is 0. The molecule has 1 atom stereocenters. The summed E-state index contributed by atoms with van der Waals surface area (Å²) in [5.74, 6) is 0.364. The number of benzene rings is 1. The minimum absolute atomic E-state index is 0.0717. The first-order chi connectivity index (χ1) is 12.1. The van der Waals surface area contributed by atoms with Crippen molar-refractivity contribution in [2.24, 2.45) is 11.8 Å². The monoisotopic (exact) mass is 349 g/mol. The van der Waals surface area contributed by atoms with Crippen LogP contribution >= 0.6 is 0 Å². The van der Waals surface area contributed by atoms with Gasteiger partial charge in [0.15, 0.2) is 0 Å². The molecule has 0 radical (unpaired) electrons. The van der Waals surface area contributed by atoms with Crippen LogP contribution in [-0.2, 0) is 4.79 Å². The first kappa shape index (κ1) is 19.4. The zero-order chi connectivity index (χ0) is 18.1. The Balaban J connectivity index is 1.57. The lowest BCUT2D eigenvalue weighted by molar-refractivity contribution is -0.122. The molecule has 1 aromatic carbocycles. The number of carbonyl (C=O) groups is 2. The molecule has 2 amide bonds. The molecule has 2 rings (SSSR count). The first-order valence-electron chi connectivity index (χ1n) is 9.07. The van der Waals surface area contributed by atoms with Crippen molar-refractivity contribution < 1.29 is 14.0 Å². The van der Waals surface area contributed by atoms with Gasteiger partial charge in [-0.25, -0.2) is 4.39 Å². The van der Waals surface area contributed by atoms with Gasteiger partial charge in [-0.3, -0.25) is 9.59 Å². The maximum Gasteiger partial charge on any atom is 0.251 e.